The van der Waals surface area contributed by atoms with E-state index in [9.17, 15) is 0 Å². The Morgan fingerprint density at radius 1 is 0.846 bits per heavy atom. The van der Waals surface area contributed by atoms with Crippen LogP contribution in [0.1, 0.15) is 60.3 Å². The third-order valence-electron chi connectivity index (χ3n) is 2.67. The zero-order chi connectivity index (χ0) is 10.3. The molecule has 0 atom stereocenters. The molecule has 0 aromatic heterocycles. The van der Waals surface area contributed by atoms with Gasteiger partial charge in [0.05, 0.1) is 0 Å². The first-order valence-electron chi connectivity index (χ1n) is 5.57. The topological polar surface area (TPSA) is 0 Å². The molecule has 0 heterocycles. The highest BCUT2D eigenvalue weighted by molar-refractivity contribution is 5.28. The highest BCUT2D eigenvalue weighted by Crippen LogP contribution is 2.19. The molecule has 0 bridgehead atoms. The molecule has 0 nitrogen and oxygen atoms in total. The summed E-state index contributed by atoms with van der Waals surface area (Å²) in [6.45, 7) is 11.2. The molecule has 0 aliphatic carbocycles. The molecule has 0 saturated heterocycles. The van der Waals surface area contributed by atoms with Crippen LogP contribution in [-0.4, -0.2) is 0 Å². The van der Waals surface area contributed by atoms with Crippen molar-refractivity contribution in [1.29, 1.82) is 0 Å². The summed E-state index contributed by atoms with van der Waals surface area (Å²) in [5.41, 5.74) is 4.68. The first kappa shape index (κ1) is 12.5. The van der Waals surface area contributed by atoms with Crippen LogP contribution in [0.25, 0.3) is 0 Å². The standard InChI is InChI=1S/C13H24/c1-6-11(5)10-13(9-4)12(7-2)8-3/h10H,6-9H2,1-5H3/b11-10+. The lowest BCUT2D eigenvalue weighted by Crippen LogP contribution is -1.88. The molecular formula is C13H24. The highest BCUT2D eigenvalue weighted by atomic mass is 14.0. The van der Waals surface area contributed by atoms with Crippen LogP contribution >= 0.6 is 0 Å². The average molecular weight is 180 g/mol. The van der Waals surface area contributed by atoms with Crippen molar-refractivity contribution in [2.24, 2.45) is 0 Å². The van der Waals surface area contributed by atoms with Gasteiger partial charge in [-0.25, -0.2) is 0 Å². The third kappa shape index (κ3) is 4.31. The second-order valence-corrected chi connectivity index (χ2v) is 3.53. The summed E-state index contributed by atoms with van der Waals surface area (Å²) < 4.78 is 0. The first-order chi connectivity index (χ1) is 6.19. The number of rotatable bonds is 5. The predicted molar refractivity (Wildman–Crippen MR) is 61.9 cm³/mol. The maximum absolute atomic E-state index is 2.38. The Bertz CT molecular complexity index is 188. The van der Waals surface area contributed by atoms with E-state index >= 15 is 0 Å². The number of hydrogen-bond donors (Lipinski definition) is 0. The van der Waals surface area contributed by atoms with Gasteiger partial charge < -0.3 is 0 Å². The second-order valence-electron chi connectivity index (χ2n) is 3.53. The monoisotopic (exact) mass is 180 g/mol. The van der Waals surface area contributed by atoms with E-state index in [2.05, 4.69) is 40.7 Å². The predicted octanol–water partition coefficient (Wildman–Crippen LogP) is 4.87. The van der Waals surface area contributed by atoms with Crippen molar-refractivity contribution in [1.82, 2.24) is 0 Å². The molecule has 0 aliphatic rings. The normalized spacial score (nSPS) is 11.6. The molecule has 0 amide bonds. The number of hydrogen-bond acceptors (Lipinski definition) is 0. The molecule has 0 spiro atoms. The lowest BCUT2D eigenvalue weighted by molar-refractivity contribution is 0.924. The van der Waals surface area contributed by atoms with Crippen LogP contribution in [0.4, 0.5) is 0 Å². The van der Waals surface area contributed by atoms with Crippen molar-refractivity contribution in [2.75, 3.05) is 0 Å². The first-order valence-corrected chi connectivity index (χ1v) is 5.57. The van der Waals surface area contributed by atoms with Gasteiger partial charge >= 0.3 is 0 Å². The highest BCUT2D eigenvalue weighted by Gasteiger charge is 1.98. The van der Waals surface area contributed by atoms with Gasteiger partial charge in [-0.15, -0.1) is 0 Å². The molecular weight excluding hydrogens is 156 g/mol. The average Bonchev–Trinajstić information content (AvgIpc) is 2.17. The lowest BCUT2D eigenvalue weighted by Gasteiger charge is -2.08. The molecule has 0 heteroatoms. The van der Waals surface area contributed by atoms with Crippen LogP contribution in [-0.2, 0) is 0 Å². The van der Waals surface area contributed by atoms with Gasteiger partial charge in [-0.2, -0.15) is 0 Å². The molecule has 76 valence electrons. The van der Waals surface area contributed by atoms with Gasteiger partial charge in [0.25, 0.3) is 0 Å². The van der Waals surface area contributed by atoms with E-state index < -0.39 is 0 Å². The maximum atomic E-state index is 2.38. The molecule has 0 rings (SSSR count). The zero-order valence-electron chi connectivity index (χ0n) is 9.91. The van der Waals surface area contributed by atoms with E-state index in [1.807, 2.05) is 0 Å². The summed E-state index contributed by atoms with van der Waals surface area (Å²) >= 11 is 0. The van der Waals surface area contributed by atoms with E-state index in [0.717, 1.165) is 0 Å². The smallest absolute Gasteiger partial charge is 0.0308 e. The quantitative estimate of drug-likeness (QED) is 0.529. The van der Waals surface area contributed by atoms with Crippen molar-refractivity contribution < 1.29 is 0 Å². The van der Waals surface area contributed by atoms with Crippen LogP contribution in [0.2, 0.25) is 0 Å². The van der Waals surface area contributed by atoms with Gasteiger partial charge in [-0.3, -0.25) is 0 Å². The molecule has 0 fully saturated rings. The van der Waals surface area contributed by atoms with E-state index in [1.54, 1.807) is 11.1 Å². The molecule has 0 aromatic rings. The second kappa shape index (κ2) is 6.94. The van der Waals surface area contributed by atoms with E-state index in [1.165, 1.54) is 31.3 Å². The molecule has 0 unspecified atom stereocenters. The Balaban J connectivity index is 4.75. The van der Waals surface area contributed by atoms with E-state index in [4.69, 9.17) is 0 Å². The fraction of sp³-hybridized carbons (Fsp3) is 0.692. The molecule has 13 heavy (non-hydrogen) atoms. The van der Waals surface area contributed by atoms with Crippen LogP contribution in [0.15, 0.2) is 22.8 Å². The van der Waals surface area contributed by atoms with Crippen molar-refractivity contribution in [3.05, 3.63) is 22.8 Å². The molecule has 0 N–H and O–H groups in total. The molecule has 0 aromatic carbocycles. The Kier molecular flexibility index (Phi) is 6.66. The summed E-state index contributed by atoms with van der Waals surface area (Å²) in [4.78, 5) is 0. The zero-order valence-corrected chi connectivity index (χ0v) is 9.91. The largest absolute Gasteiger partial charge is 0.0733 e. The van der Waals surface area contributed by atoms with Crippen molar-refractivity contribution >= 4 is 0 Å². The van der Waals surface area contributed by atoms with Crippen molar-refractivity contribution in [2.45, 2.75) is 60.3 Å². The van der Waals surface area contributed by atoms with Gasteiger partial charge in [0.2, 0.25) is 0 Å². The van der Waals surface area contributed by atoms with Crippen molar-refractivity contribution in [3.8, 4) is 0 Å². The van der Waals surface area contributed by atoms with Crippen LogP contribution in [0, 0.1) is 0 Å². The van der Waals surface area contributed by atoms with Gasteiger partial charge in [0.15, 0.2) is 0 Å². The molecule has 0 radical (unpaired) electrons. The summed E-state index contributed by atoms with van der Waals surface area (Å²) in [5.74, 6) is 0. The van der Waals surface area contributed by atoms with Crippen LogP contribution in [0.5, 0.6) is 0 Å². The molecule has 0 aliphatic heterocycles. The van der Waals surface area contributed by atoms with Crippen molar-refractivity contribution in [3.63, 3.8) is 0 Å². The fourth-order valence-electron chi connectivity index (χ4n) is 1.56. The van der Waals surface area contributed by atoms with Crippen LogP contribution in [0.3, 0.4) is 0 Å². The number of allylic oxidation sites excluding steroid dienone is 4. The summed E-state index contributed by atoms with van der Waals surface area (Å²) in [6, 6.07) is 0. The maximum Gasteiger partial charge on any atom is -0.0308 e. The fourth-order valence-corrected chi connectivity index (χ4v) is 1.56. The summed E-state index contributed by atoms with van der Waals surface area (Å²) in [5, 5.41) is 0. The van der Waals surface area contributed by atoms with Gasteiger partial charge in [-0.1, -0.05) is 44.9 Å². The van der Waals surface area contributed by atoms with E-state index in [0.29, 0.717) is 0 Å². The summed E-state index contributed by atoms with van der Waals surface area (Å²) in [6.07, 6.45) is 7.13. The summed E-state index contributed by atoms with van der Waals surface area (Å²) in [7, 11) is 0. The van der Waals surface area contributed by atoms with Gasteiger partial charge in [0.1, 0.15) is 0 Å². The Morgan fingerprint density at radius 3 is 1.69 bits per heavy atom. The Labute approximate surface area is 83.7 Å². The van der Waals surface area contributed by atoms with Gasteiger partial charge in [-0.05, 0) is 38.2 Å². The van der Waals surface area contributed by atoms with Gasteiger partial charge in [0, 0.05) is 0 Å². The lowest BCUT2D eigenvalue weighted by atomic mass is 9.98. The Hall–Kier alpha value is -0.520. The Morgan fingerprint density at radius 2 is 1.38 bits per heavy atom. The van der Waals surface area contributed by atoms with Crippen LogP contribution < -0.4 is 0 Å². The van der Waals surface area contributed by atoms with E-state index in [-0.39, 0.29) is 0 Å². The SMILES string of the molecule is CCC(/C=C(\C)CC)=C(CC)CC. The molecule has 0 saturated carbocycles. The third-order valence-corrected chi connectivity index (χ3v) is 2.67. The minimum absolute atomic E-state index is 1.17. The minimum atomic E-state index is 1.17. The minimum Gasteiger partial charge on any atom is -0.0733 e.